The van der Waals surface area contributed by atoms with Crippen LogP contribution in [0.15, 0.2) is 12.1 Å². The van der Waals surface area contributed by atoms with E-state index in [2.05, 4.69) is 4.74 Å². The van der Waals surface area contributed by atoms with Gasteiger partial charge in [0.15, 0.2) is 0 Å². The van der Waals surface area contributed by atoms with E-state index in [0.29, 0.717) is 12.1 Å². The SMILES string of the molecule is COC(=O)c1c(C#N)ccc(C(F)(F)F)c1C(F)F. The highest BCUT2D eigenvalue weighted by Crippen LogP contribution is 2.39. The molecule has 0 spiro atoms. The molecule has 1 rings (SSSR count). The molecule has 0 N–H and O–H groups in total. The van der Waals surface area contributed by atoms with Crippen molar-refractivity contribution >= 4 is 5.97 Å². The molecule has 0 fully saturated rings. The summed E-state index contributed by atoms with van der Waals surface area (Å²) in [5, 5.41) is 8.68. The summed E-state index contributed by atoms with van der Waals surface area (Å²) in [6.45, 7) is 0. The Morgan fingerprint density at radius 1 is 1.37 bits per heavy atom. The second kappa shape index (κ2) is 5.22. The Kier molecular flexibility index (Phi) is 4.09. The topological polar surface area (TPSA) is 50.1 Å². The van der Waals surface area contributed by atoms with Gasteiger partial charge in [-0.1, -0.05) is 0 Å². The van der Waals surface area contributed by atoms with E-state index in [0.717, 1.165) is 7.11 Å². The highest BCUT2D eigenvalue weighted by Gasteiger charge is 2.39. The first kappa shape index (κ1) is 14.9. The number of halogens is 5. The second-order valence-corrected chi connectivity index (χ2v) is 3.35. The lowest BCUT2D eigenvalue weighted by molar-refractivity contribution is -0.139. The standard InChI is InChI=1S/C11H6F5NO2/c1-19-10(18)7-5(4-17)2-3-6(11(14,15)16)8(7)9(12)13/h2-3,9H,1H3. The van der Waals surface area contributed by atoms with Crippen molar-refractivity contribution in [3.8, 4) is 6.07 Å². The van der Waals surface area contributed by atoms with Crippen LogP contribution in [0.3, 0.4) is 0 Å². The van der Waals surface area contributed by atoms with Gasteiger partial charge in [-0.25, -0.2) is 13.6 Å². The summed E-state index contributed by atoms with van der Waals surface area (Å²) in [5.74, 6) is -1.42. The zero-order valence-corrected chi connectivity index (χ0v) is 9.39. The lowest BCUT2D eigenvalue weighted by Gasteiger charge is -2.16. The Balaban J connectivity index is 3.75. The zero-order valence-electron chi connectivity index (χ0n) is 9.39. The smallest absolute Gasteiger partial charge is 0.416 e. The number of methoxy groups -OCH3 is 1. The molecule has 0 bridgehead atoms. The van der Waals surface area contributed by atoms with Gasteiger partial charge in [0.2, 0.25) is 0 Å². The number of alkyl halides is 5. The van der Waals surface area contributed by atoms with Crippen molar-refractivity contribution in [3.63, 3.8) is 0 Å². The minimum Gasteiger partial charge on any atom is -0.465 e. The number of ether oxygens (including phenoxy) is 1. The number of carbonyl (C=O) groups excluding carboxylic acids is 1. The van der Waals surface area contributed by atoms with Crippen LogP contribution >= 0.6 is 0 Å². The van der Waals surface area contributed by atoms with E-state index in [4.69, 9.17) is 5.26 Å². The van der Waals surface area contributed by atoms with Crippen LogP contribution in [0.25, 0.3) is 0 Å². The molecule has 8 heteroatoms. The molecular weight excluding hydrogens is 273 g/mol. The zero-order chi connectivity index (χ0) is 14.8. The van der Waals surface area contributed by atoms with E-state index in [1.54, 1.807) is 0 Å². The summed E-state index contributed by atoms with van der Waals surface area (Å²) >= 11 is 0. The number of carbonyl (C=O) groups is 1. The van der Waals surface area contributed by atoms with Crippen molar-refractivity contribution in [1.82, 2.24) is 0 Å². The lowest BCUT2D eigenvalue weighted by atomic mass is 9.96. The number of esters is 1. The maximum Gasteiger partial charge on any atom is 0.416 e. The maximum atomic E-state index is 12.8. The number of hydrogen-bond donors (Lipinski definition) is 0. The van der Waals surface area contributed by atoms with Gasteiger partial charge < -0.3 is 4.74 Å². The van der Waals surface area contributed by atoms with Gasteiger partial charge in [-0.05, 0) is 12.1 Å². The van der Waals surface area contributed by atoms with Crippen molar-refractivity contribution in [1.29, 1.82) is 5.26 Å². The predicted octanol–water partition coefficient (Wildman–Crippen LogP) is 3.30. The number of hydrogen-bond acceptors (Lipinski definition) is 3. The van der Waals surface area contributed by atoms with Gasteiger partial charge in [-0.15, -0.1) is 0 Å². The number of nitriles is 1. The maximum absolute atomic E-state index is 12.8. The van der Waals surface area contributed by atoms with E-state index in [9.17, 15) is 26.7 Å². The second-order valence-electron chi connectivity index (χ2n) is 3.35. The third kappa shape index (κ3) is 2.81. The van der Waals surface area contributed by atoms with Crippen molar-refractivity contribution in [2.24, 2.45) is 0 Å². The van der Waals surface area contributed by atoms with E-state index < -0.39 is 40.8 Å². The average molecular weight is 279 g/mol. The van der Waals surface area contributed by atoms with Crippen molar-refractivity contribution in [3.05, 3.63) is 34.4 Å². The van der Waals surface area contributed by atoms with Crippen LogP contribution in [0, 0.1) is 11.3 Å². The van der Waals surface area contributed by atoms with Crippen LogP contribution in [-0.2, 0) is 10.9 Å². The van der Waals surface area contributed by atoms with Crippen LogP contribution in [0.1, 0.15) is 33.5 Å². The van der Waals surface area contributed by atoms with E-state index >= 15 is 0 Å². The van der Waals surface area contributed by atoms with Gasteiger partial charge in [-0.2, -0.15) is 18.4 Å². The molecule has 102 valence electrons. The minimum absolute atomic E-state index is 0.340. The van der Waals surface area contributed by atoms with Crippen LogP contribution in [0.5, 0.6) is 0 Å². The Morgan fingerprint density at radius 2 is 1.95 bits per heavy atom. The molecule has 1 aromatic rings. The van der Waals surface area contributed by atoms with Crippen LogP contribution in [-0.4, -0.2) is 13.1 Å². The van der Waals surface area contributed by atoms with Gasteiger partial charge in [0.05, 0.1) is 23.8 Å². The van der Waals surface area contributed by atoms with Crippen LogP contribution in [0.2, 0.25) is 0 Å². The highest BCUT2D eigenvalue weighted by molar-refractivity contribution is 5.94. The summed E-state index contributed by atoms with van der Waals surface area (Å²) < 4.78 is 67.6. The van der Waals surface area contributed by atoms with E-state index in [-0.39, 0.29) is 0 Å². The molecule has 0 amide bonds. The Morgan fingerprint density at radius 3 is 2.32 bits per heavy atom. The quantitative estimate of drug-likeness (QED) is 0.616. The Hall–Kier alpha value is -2.17. The molecule has 0 radical (unpaired) electrons. The first-order chi connectivity index (χ1) is 8.73. The monoisotopic (exact) mass is 279 g/mol. The molecule has 0 saturated heterocycles. The fraction of sp³-hybridized carbons (Fsp3) is 0.273. The molecule has 0 aliphatic heterocycles. The molecule has 19 heavy (non-hydrogen) atoms. The summed E-state index contributed by atoms with van der Waals surface area (Å²) in [6, 6.07) is 2.38. The molecule has 0 atom stereocenters. The Labute approximate surface area is 104 Å². The van der Waals surface area contributed by atoms with Gasteiger partial charge in [0.1, 0.15) is 6.07 Å². The predicted molar refractivity (Wildman–Crippen MR) is 52.5 cm³/mol. The molecule has 0 aliphatic rings. The normalized spacial score (nSPS) is 11.3. The molecule has 0 aromatic heterocycles. The largest absolute Gasteiger partial charge is 0.465 e. The minimum atomic E-state index is -5.07. The lowest BCUT2D eigenvalue weighted by Crippen LogP contribution is -2.16. The molecule has 0 saturated carbocycles. The van der Waals surface area contributed by atoms with Gasteiger partial charge in [0, 0.05) is 5.56 Å². The highest BCUT2D eigenvalue weighted by atomic mass is 19.4. The molecular formula is C11H6F5NO2. The molecule has 0 heterocycles. The average Bonchev–Trinajstić information content (AvgIpc) is 2.34. The van der Waals surface area contributed by atoms with Gasteiger partial charge in [0.25, 0.3) is 6.43 Å². The van der Waals surface area contributed by atoms with Crippen molar-refractivity contribution < 1.29 is 31.5 Å². The Bertz CT molecular complexity index is 545. The molecule has 0 aliphatic carbocycles. The fourth-order valence-electron chi connectivity index (χ4n) is 1.51. The van der Waals surface area contributed by atoms with Gasteiger partial charge >= 0.3 is 12.1 Å². The number of nitrogens with zero attached hydrogens (tertiary/aromatic N) is 1. The summed E-state index contributed by atoms with van der Waals surface area (Å²) in [6.07, 6.45) is -8.64. The third-order valence-corrected chi connectivity index (χ3v) is 2.28. The summed E-state index contributed by atoms with van der Waals surface area (Å²) in [4.78, 5) is 11.3. The number of benzene rings is 1. The third-order valence-electron chi connectivity index (χ3n) is 2.28. The van der Waals surface area contributed by atoms with E-state index in [1.165, 1.54) is 6.07 Å². The first-order valence-corrected chi connectivity index (χ1v) is 4.74. The molecule has 3 nitrogen and oxygen atoms in total. The number of rotatable bonds is 2. The summed E-state index contributed by atoms with van der Waals surface area (Å²) in [7, 11) is 0.818. The first-order valence-electron chi connectivity index (χ1n) is 4.74. The fourth-order valence-corrected chi connectivity index (χ4v) is 1.51. The van der Waals surface area contributed by atoms with Crippen LogP contribution in [0.4, 0.5) is 22.0 Å². The van der Waals surface area contributed by atoms with Crippen molar-refractivity contribution in [2.75, 3.05) is 7.11 Å². The molecule has 1 aromatic carbocycles. The van der Waals surface area contributed by atoms with Crippen LogP contribution < -0.4 is 0 Å². The van der Waals surface area contributed by atoms with E-state index in [1.807, 2.05) is 0 Å². The summed E-state index contributed by atoms with van der Waals surface area (Å²) in [5.41, 5.74) is -4.87. The van der Waals surface area contributed by atoms with Crippen molar-refractivity contribution in [2.45, 2.75) is 12.6 Å². The van der Waals surface area contributed by atoms with Gasteiger partial charge in [-0.3, -0.25) is 0 Å². The molecule has 0 unspecified atom stereocenters.